The van der Waals surface area contributed by atoms with Crippen molar-refractivity contribution in [1.29, 1.82) is 0 Å². The van der Waals surface area contributed by atoms with E-state index in [1.165, 1.54) is 18.5 Å². The molecule has 0 spiro atoms. The molecule has 1 heterocycles. The predicted octanol–water partition coefficient (Wildman–Crippen LogP) is 4.55. The smallest absolute Gasteiger partial charge is 0.339 e. The molecule has 3 nitrogen and oxygen atoms in total. The van der Waals surface area contributed by atoms with Crippen molar-refractivity contribution in [2.45, 2.75) is 6.18 Å². The van der Waals surface area contributed by atoms with Crippen LogP contribution in [0, 0.1) is 0 Å². The zero-order valence-corrected chi connectivity index (χ0v) is 10.7. The van der Waals surface area contributed by atoms with Crippen LogP contribution in [0.25, 0.3) is 0 Å². The Kier molecular flexibility index (Phi) is 3.82. The van der Waals surface area contributed by atoms with Gasteiger partial charge in [0.2, 0.25) is 0 Å². The predicted molar refractivity (Wildman–Crippen MR) is 66.8 cm³/mol. The molecule has 1 aromatic heterocycles. The summed E-state index contributed by atoms with van der Waals surface area (Å²) in [7, 11) is 0. The first-order chi connectivity index (χ1) is 8.84. The van der Waals surface area contributed by atoms with Crippen molar-refractivity contribution in [2.24, 2.45) is 0 Å². The summed E-state index contributed by atoms with van der Waals surface area (Å²) in [6.45, 7) is 0. The Hall–Kier alpha value is -1.53. The molecule has 0 aliphatic carbocycles. The van der Waals surface area contributed by atoms with Gasteiger partial charge < -0.3 is 5.32 Å². The minimum Gasteiger partial charge on any atom is -0.339 e. The normalized spacial score (nSPS) is 11.4. The lowest BCUT2D eigenvalue weighted by atomic mass is 10.2. The molecule has 1 N–H and O–H groups in total. The van der Waals surface area contributed by atoms with E-state index in [-0.39, 0.29) is 21.7 Å². The number of anilines is 2. The van der Waals surface area contributed by atoms with Gasteiger partial charge in [0.25, 0.3) is 0 Å². The molecular formula is C11H6Cl2F3N3. The number of aromatic nitrogens is 2. The Balaban J connectivity index is 2.33. The van der Waals surface area contributed by atoms with Gasteiger partial charge in [-0.1, -0.05) is 23.2 Å². The van der Waals surface area contributed by atoms with Crippen molar-refractivity contribution in [3.63, 3.8) is 0 Å². The van der Waals surface area contributed by atoms with E-state index in [9.17, 15) is 13.2 Å². The van der Waals surface area contributed by atoms with Gasteiger partial charge in [-0.2, -0.15) is 13.2 Å². The Labute approximate surface area is 116 Å². The molecule has 0 bridgehead atoms. The number of hydrogen-bond acceptors (Lipinski definition) is 3. The molecule has 0 aliphatic heterocycles. The first kappa shape index (κ1) is 13.9. The maximum atomic E-state index is 12.6. The molecule has 0 unspecified atom stereocenters. The largest absolute Gasteiger partial charge is 0.416 e. The van der Waals surface area contributed by atoms with Crippen molar-refractivity contribution in [2.75, 3.05) is 5.32 Å². The molecule has 8 heteroatoms. The van der Waals surface area contributed by atoms with E-state index in [0.717, 1.165) is 12.1 Å². The molecule has 0 saturated carbocycles. The Morgan fingerprint density at radius 3 is 2.42 bits per heavy atom. The zero-order chi connectivity index (χ0) is 14.0. The summed E-state index contributed by atoms with van der Waals surface area (Å²) in [4.78, 5) is 7.62. The molecule has 2 rings (SSSR count). The standard InChI is InChI=1S/C11H6Cl2F3N3/c12-7-1-6(11(14,15)16)2-8(3-7)18-10-5-17-4-9(13)19-10/h1-5H,(H,18,19). The molecule has 19 heavy (non-hydrogen) atoms. The monoisotopic (exact) mass is 307 g/mol. The number of alkyl halides is 3. The maximum absolute atomic E-state index is 12.6. The maximum Gasteiger partial charge on any atom is 0.416 e. The third-order valence-corrected chi connectivity index (χ3v) is 2.50. The van der Waals surface area contributed by atoms with Crippen LogP contribution >= 0.6 is 23.2 Å². The number of rotatable bonds is 2. The summed E-state index contributed by atoms with van der Waals surface area (Å²) < 4.78 is 37.8. The second-order valence-electron chi connectivity index (χ2n) is 3.58. The number of hydrogen-bond donors (Lipinski definition) is 1. The molecular weight excluding hydrogens is 302 g/mol. The van der Waals surface area contributed by atoms with E-state index in [2.05, 4.69) is 15.3 Å². The Morgan fingerprint density at radius 2 is 1.79 bits per heavy atom. The summed E-state index contributed by atoms with van der Waals surface area (Å²) in [5.41, 5.74) is -0.700. The molecule has 2 aromatic rings. The topological polar surface area (TPSA) is 37.8 Å². The van der Waals surface area contributed by atoms with Gasteiger partial charge in [0.1, 0.15) is 5.15 Å². The van der Waals surface area contributed by atoms with Crippen LogP contribution < -0.4 is 5.32 Å². The first-order valence-corrected chi connectivity index (χ1v) is 5.72. The number of nitrogens with one attached hydrogen (secondary N) is 1. The second-order valence-corrected chi connectivity index (χ2v) is 4.40. The van der Waals surface area contributed by atoms with Crippen LogP contribution in [0.3, 0.4) is 0 Å². The van der Waals surface area contributed by atoms with E-state index < -0.39 is 11.7 Å². The quantitative estimate of drug-likeness (QED) is 0.884. The molecule has 1 aromatic carbocycles. The van der Waals surface area contributed by atoms with Gasteiger partial charge >= 0.3 is 6.18 Å². The highest BCUT2D eigenvalue weighted by Gasteiger charge is 2.31. The van der Waals surface area contributed by atoms with Gasteiger partial charge in [-0.15, -0.1) is 0 Å². The highest BCUT2D eigenvalue weighted by atomic mass is 35.5. The molecule has 0 radical (unpaired) electrons. The lowest BCUT2D eigenvalue weighted by Crippen LogP contribution is -2.05. The summed E-state index contributed by atoms with van der Waals surface area (Å²) in [5, 5.41) is 2.75. The molecule has 0 amide bonds. The van der Waals surface area contributed by atoms with Gasteiger partial charge in [-0.3, -0.25) is 4.98 Å². The lowest BCUT2D eigenvalue weighted by molar-refractivity contribution is -0.137. The third kappa shape index (κ3) is 3.71. The van der Waals surface area contributed by atoms with Gasteiger partial charge in [0.05, 0.1) is 18.0 Å². The number of halogens is 5. The molecule has 100 valence electrons. The van der Waals surface area contributed by atoms with Gasteiger partial charge in [-0.25, -0.2) is 4.98 Å². The van der Waals surface area contributed by atoms with E-state index in [0.29, 0.717) is 0 Å². The summed E-state index contributed by atoms with van der Waals surface area (Å²) in [6, 6.07) is 3.12. The molecule has 0 saturated heterocycles. The first-order valence-electron chi connectivity index (χ1n) is 4.97. The SMILES string of the molecule is FC(F)(F)c1cc(Cl)cc(Nc2cncc(Cl)n2)c1. The van der Waals surface area contributed by atoms with Gasteiger partial charge in [-0.05, 0) is 18.2 Å². The van der Waals surface area contributed by atoms with Gasteiger partial charge in [0.15, 0.2) is 5.82 Å². The zero-order valence-electron chi connectivity index (χ0n) is 9.17. The highest BCUT2D eigenvalue weighted by molar-refractivity contribution is 6.31. The average molecular weight is 308 g/mol. The number of nitrogens with zero attached hydrogens (tertiary/aromatic N) is 2. The fourth-order valence-electron chi connectivity index (χ4n) is 1.38. The van der Waals surface area contributed by atoms with E-state index in [1.807, 2.05) is 0 Å². The van der Waals surface area contributed by atoms with Crippen molar-refractivity contribution >= 4 is 34.7 Å². The van der Waals surface area contributed by atoms with Crippen LogP contribution in [0.2, 0.25) is 10.2 Å². The van der Waals surface area contributed by atoms with Crippen molar-refractivity contribution in [1.82, 2.24) is 9.97 Å². The van der Waals surface area contributed by atoms with Crippen molar-refractivity contribution < 1.29 is 13.2 Å². The fourth-order valence-corrected chi connectivity index (χ4v) is 1.76. The minimum absolute atomic E-state index is 0.0349. The van der Waals surface area contributed by atoms with Crippen LogP contribution in [0.15, 0.2) is 30.6 Å². The summed E-state index contributed by atoms with van der Waals surface area (Å²) in [6.07, 6.45) is -1.83. The Bertz CT molecular complexity index is 602. The van der Waals surface area contributed by atoms with Crippen LogP contribution in [-0.4, -0.2) is 9.97 Å². The lowest BCUT2D eigenvalue weighted by Gasteiger charge is -2.11. The average Bonchev–Trinajstić information content (AvgIpc) is 2.26. The third-order valence-electron chi connectivity index (χ3n) is 2.10. The van der Waals surface area contributed by atoms with E-state index in [4.69, 9.17) is 23.2 Å². The van der Waals surface area contributed by atoms with Crippen molar-refractivity contribution in [3.8, 4) is 0 Å². The highest BCUT2D eigenvalue weighted by Crippen LogP contribution is 2.33. The van der Waals surface area contributed by atoms with Crippen LogP contribution in [-0.2, 0) is 6.18 Å². The molecule has 0 fully saturated rings. The fraction of sp³-hybridized carbons (Fsp3) is 0.0909. The van der Waals surface area contributed by atoms with Crippen molar-refractivity contribution in [3.05, 3.63) is 46.3 Å². The Morgan fingerprint density at radius 1 is 1.05 bits per heavy atom. The van der Waals surface area contributed by atoms with Crippen LogP contribution in [0.5, 0.6) is 0 Å². The van der Waals surface area contributed by atoms with Gasteiger partial charge in [0, 0.05) is 10.7 Å². The van der Waals surface area contributed by atoms with Crippen LogP contribution in [0.1, 0.15) is 5.56 Å². The van der Waals surface area contributed by atoms with E-state index in [1.54, 1.807) is 0 Å². The summed E-state index contributed by atoms with van der Waals surface area (Å²) in [5.74, 6) is 0.225. The number of benzene rings is 1. The molecule has 0 atom stereocenters. The second kappa shape index (κ2) is 5.22. The van der Waals surface area contributed by atoms with Crippen LogP contribution in [0.4, 0.5) is 24.7 Å². The minimum atomic E-state index is -4.47. The summed E-state index contributed by atoms with van der Waals surface area (Å²) >= 11 is 11.3. The molecule has 0 aliphatic rings. The van der Waals surface area contributed by atoms with E-state index >= 15 is 0 Å².